The number of hydrogen-bond acceptors (Lipinski definition) is 6. The Bertz CT molecular complexity index is 174. The van der Waals surface area contributed by atoms with Gasteiger partial charge in [0.2, 0.25) is 0 Å². The van der Waals surface area contributed by atoms with Crippen LogP contribution in [0.4, 0.5) is 0 Å². The Morgan fingerprint density at radius 1 is 1.31 bits per heavy atom. The fourth-order valence-electron chi connectivity index (χ4n) is 1.27. The van der Waals surface area contributed by atoms with Gasteiger partial charge in [0, 0.05) is 13.0 Å². The third kappa shape index (κ3) is 1.98. The zero-order valence-corrected chi connectivity index (χ0v) is 7.00. The van der Waals surface area contributed by atoms with E-state index in [0.717, 1.165) is 0 Å². The molecule has 1 rings (SSSR count). The minimum Gasteiger partial charge on any atom is -0.396 e. The first-order chi connectivity index (χ1) is 6.01. The maximum absolute atomic E-state index is 9.52. The molecule has 0 bridgehead atoms. The summed E-state index contributed by atoms with van der Waals surface area (Å²) in [5, 5.41) is 45.6. The predicted molar refractivity (Wildman–Crippen MR) is 40.6 cm³/mol. The van der Waals surface area contributed by atoms with Gasteiger partial charge in [0.1, 0.15) is 18.3 Å². The molecule has 0 saturated carbocycles. The maximum Gasteiger partial charge on any atom is 0.196 e. The van der Waals surface area contributed by atoms with Crippen LogP contribution in [-0.2, 0) is 4.74 Å². The molecule has 1 fully saturated rings. The molecule has 5 N–H and O–H groups in total. The molecule has 0 amide bonds. The van der Waals surface area contributed by atoms with Gasteiger partial charge in [-0.25, -0.2) is 0 Å². The molecule has 0 radical (unpaired) electrons. The molecule has 1 aliphatic rings. The van der Waals surface area contributed by atoms with Crippen molar-refractivity contribution >= 4 is 0 Å². The number of aliphatic hydroxyl groups is 5. The Balaban J connectivity index is 2.67. The third-order valence-corrected chi connectivity index (χ3v) is 2.15. The molecule has 0 aromatic rings. The number of rotatable bonds is 2. The summed E-state index contributed by atoms with van der Waals surface area (Å²) < 4.78 is 4.74. The maximum atomic E-state index is 9.52. The topological polar surface area (TPSA) is 110 Å². The molecule has 0 spiro atoms. The summed E-state index contributed by atoms with van der Waals surface area (Å²) in [5.41, 5.74) is 0. The van der Waals surface area contributed by atoms with Crippen molar-refractivity contribution in [3.05, 3.63) is 0 Å². The largest absolute Gasteiger partial charge is 0.396 e. The second-order valence-electron chi connectivity index (χ2n) is 3.13. The van der Waals surface area contributed by atoms with Crippen LogP contribution in [0.5, 0.6) is 0 Å². The Kier molecular flexibility index (Phi) is 3.23. The van der Waals surface area contributed by atoms with E-state index < -0.39 is 24.1 Å². The van der Waals surface area contributed by atoms with Gasteiger partial charge in [0.25, 0.3) is 0 Å². The lowest BCUT2D eigenvalue weighted by molar-refractivity contribution is -0.325. The van der Waals surface area contributed by atoms with Gasteiger partial charge in [-0.3, -0.25) is 0 Å². The quantitative estimate of drug-likeness (QED) is 0.324. The van der Waals surface area contributed by atoms with Gasteiger partial charge >= 0.3 is 0 Å². The molecule has 4 atom stereocenters. The van der Waals surface area contributed by atoms with Crippen LogP contribution in [-0.4, -0.2) is 62.8 Å². The fraction of sp³-hybridized carbons (Fsp3) is 1.00. The van der Waals surface area contributed by atoms with Gasteiger partial charge < -0.3 is 30.3 Å². The Morgan fingerprint density at radius 2 is 1.92 bits per heavy atom. The molecule has 0 aromatic heterocycles. The van der Waals surface area contributed by atoms with Gasteiger partial charge in [0.15, 0.2) is 5.79 Å². The van der Waals surface area contributed by atoms with E-state index in [2.05, 4.69) is 0 Å². The normalized spacial score (nSPS) is 46.4. The first-order valence-corrected chi connectivity index (χ1v) is 4.02. The Labute approximate surface area is 75.0 Å². The van der Waals surface area contributed by atoms with Crippen molar-refractivity contribution < 1.29 is 30.3 Å². The molecular formula is C7H14O6. The highest BCUT2D eigenvalue weighted by molar-refractivity contribution is 4.91. The van der Waals surface area contributed by atoms with E-state index in [9.17, 15) is 15.3 Å². The van der Waals surface area contributed by atoms with Crippen LogP contribution in [0.2, 0.25) is 0 Å². The molecule has 0 aliphatic carbocycles. The van der Waals surface area contributed by atoms with E-state index >= 15 is 0 Å². The smallest absolute Gasteiger partial charge is 0.196 e. The first-order valence-electron chi connectivity index (χ1n) is 4.02. The van der Waals surface area contributed by atoms with Crippen LogP contribution in [0, 0.1) is 0 Å². The lowest BCUT2D eigenvalue weighted by atomic mass is 9.95. The van der Waals surface area contributed by atoms with E-state index in [1.807, 2.05) is 0 Å². The van der Waals surface area contributed by atoms with Crippen LogP contribution in [0.15, 0.2) is 0 Å². The van der Waals surface area contributed by atoms with Gasteiger partial charge in [-0.05, 0) is 0 Å². The van der Waals surface area contributed by atoms with Gasteiger partial charge in [0.05, 0.1) is 6.61 Å². The minimum atomic E-state index is -1.96. The highest BCUT2D eigenvalue weighted by Gasteiger charge is 2.47. The Hall–Kier alpha value is -0.240. The van der Waals surface area contributed by atoms with Gasteiger partial charge in [-0.1, -0.05) is 0 Å². The molecule has 78 valence electrons. The number of aliphatic hydroxyl groups excluding tert-OH is 4. The number of hydrogen-bond donors (Lipinski definition) is 5. The average molecular weight is 194 g/mol. The van der Waals surface area contributed by atoms with Crippen molar-refractivity contribution in [3.63, 3.8) is 0 Å². The van der Waals surface area contributed by atoms with Crippen LogP contribution in [0.25, 0.3) is 0 Å². The third-order valence-electron chi connectivity index (χ3n) is 2.15. The second-order valence-corrected chi connectivity index (χ2v) is 3.13. The molecule has 0 aromatic carbocycles. The molecule has 1 aliphatic heterocycles. The van der Waals surface area contributed by atoms with Crippen LogP contribution in [0.3, 0.4) is 0 Å². The molecule has 1 heterocycles. The summed E-state index contributed by atoms with van der Waals surface area (Å²) in [6, 6.07) is 0. The van der Waals surface area contributed by atoms with Crippen molar-refractivity contribution in [1.82, 2.24) is 0 Å². The molecule has 1 saturated heterocycles. The van der Waals surface area contributed by atoms with Crippen LogP contribution < -0.4 is 0 Å². The van der Waals surface area contributed by atoms with E-state index in [-0.39, 0.29) is 19.6 Å². The van der Waals surface area contributed by atoms with Crippen molar-refractivity contribution in [3.8, 4) is 0 Å². The van der Waals surface area contributed by atoms with Gasteiger partial charge in [-0.2, -0.15) is 0 Å². The molecular weight excluding hydrogens is 180 g/mol. The van der Waals surface area contributed by atoms with Crippen LogP contribution >= 0.6 is 0 Å². The van der Waals surface area contributed by atoms with E-state index in [4.69, 9.17) is 14.9 Å². The molecule has 6 nitrogen and oxygen atoms in total. The standard InChI is InChI=1S/C7H14O6/c8-2-1-7(12)6(11)5(10)4(9)3-13-7/h4-6,8-12H,1-3H2/t4-,5-,6+,7-/m1/s1. The lowest BCUT2D eigenvalue weighted by Crippen LogP contribution is -2.61. The zero-order chi connectivity index (χ0) is 10.1. The lowest BCUT2D eigenvalue weighted by Gasteiger charge is -2.41. The highest BCUT2D eigenvalue weighted by Crippen LogP contribution is 2.26. The Morgan fingerprint density at radius 3 is 2.46 bits per heavy atom. The zero-order valence-electron chi connectivity index (χ0n) is 7.00. The second kappa shape index (κ2) is 3.87. The van der Waals surface area contributed by atoms with E-state index in [1.54, 1.807) is 0 Å². The van der Waals surface area contributed by atoms with Crippen molar-refractivity contribution in [2.45, 2.75) is 30.5 Å². The van der Waals surface area contributed by atoms with Crippen LogP contribution in [0.1, 0.15) is 6.42 Å². The summed E-state index contributed by atoms with van der Waals surface area (Å²) in [5.74, 6) is -1.96. The highest BCUT2D eigenvalue weighted by atomic mass is 16.6. The van der Waals surface area contributed by atoms with Crippen molar-refractivity contribution in [2.24, 2.45) is 0 Å². The summed E-state index contributed by atoms with van der Waals surface area (Å²) in [7, 11) is 0. The van der Waals surface area contributed by atoms with E-state index in [1.165, 1.54) is 0 Å². The first kappa shape index (κ1) is 10.8. The average Bonchev–Trinajstić information content (AvgIpc) is 2.10. The van der Waals surface area contributed by atoms with E-state index in [0.29, 0.717) is 0 Å². The molecule has 6 heteroatoms. The van der Waals surface area contributed by atoms with Gasteiger partial charge in [-0.15, -0.1) is 0 Å². The summed E-state index contributed by atoms with van der Waals surface area (Å²) in [6.07, 6.45) is -4.49. The summed E-state index contributed by atoms with van der Waals surface area (Å²) >= 11 is 0. The van der Waals surface area contributed by atoms with Crippen molar-refractivity contribution in [2.75, 3.05) is 13.2 Å². The predicted octanol–water partition coefficient (Wildman–Crippen LogP) is -2.83. The summed E-state index contributed by atoms with van der Waals surface area (Å²) in [4.78, 5) is 0. The fourth-order valence-corrected chi connectivity index (χ4v) is 1.27. The number of ether oxygens (including phenoxy) is 1. The van der Waals surface area contributed by atoms with Crippen molar-refractivity contribution in [1.29, 1.82) is 0 Å². The molecule has 13 heavy (non-hydrogen) atoms. The summed E-state index contributed by atoms with van der Waals surface area (Å²) in [6.45, 7) is -0.648. The molecule has 0 unspecified atom stereocenters. The monoisotopic (exact) mass is 194 g/mol. The minimum absolute atomic E-state index is 0.210. The SMILES string of the molecule is OCC[C@@]1(O)OC[C@@H](O)[C@@H](O)[C@@H]1O.